The van der Waals surface area contributed by atoms with Gasteiger partial charge in [0.15, 0.2) is 5.96 Å². The molecule has 4 heteroatoms. The highest BCUT2D eigenvalue weighted by atomic mass is 15.2. The van der Waals surface area contributed by atoms with E-state index >= 15 is 0 Å². The van der Waals surface area contributed by atoms with Crippen LogP contribution in [-0.2, 0) is 0 Å². The molecule has 1 unspecified atom stereocenters. The SMILES string of the molecule is CN=C(NC)NCC(C)N1CCC(C)CC1. The van der Waals surface area contributed by atoms with E-state index < -0.39 is 0 Å². The second-order valence-corrected chi connectivity index (χ2v) is 4.77. The molecule has 94 valence electrons. The molecule has 0 amide bonds. The zero-order valence-electron chi connectivity index (χ0n) is 11.1. The van der Waals surface area contributed by atoms with E-state index in [0.29, 0.717) is 6.04 Å². The molecule has 1 fully saturated rings. The number of hydrogen-bond donors (Lipinski definition) is 2. The Hall–Kier alpha value is -0.770. The molecule has 1 aliphatic rings. The Balaban J connectivity index is 2.27. The van der Waals surface area contributed by atoms with Crippen LogP contribution in [0.5, 0.6) is 0 Å². The van der Waals surface area contributed by atoms with Crippen LogP contribution >= 0.6 is 0 Å². The number of likely N-dealkylation sites (tertiary alicyclic amines) is 1. The summed E-state index contributed by atoms with van der Waals surface area (Å²) in [6.07, 6.45) is 2.68. The number of guanidine groups is 1. The fraction of sp³-hybridized carbons (Fsp3) is 0.917. The van der Waals surface area contributed by atoms with Crippen LogP contribution in [0.25, 0.3) is 0 Å². The summed E-state index contributed by atoms with van der Waals surface area (Å²) < 4.78 is 0. The van der Waals surface area contributed by atoms with Crippen LogP contribution in [0, 0.1) is 5.92 Å². The van der Waals surface area contributed by atoms with Crippen LogP contribution in [0.3, 0.4) is 0 Å². The van der Waals surface area contributed by atoms with Crippen LogP contribution in [0.4, 0.5) is 0 Å². The molecule has 16 heavy (non-hydrogen) atoms. The highest BCUT2D eigenvalue weighted by Gasteiger charge is 2.19. The van der Waals surface area contributed by atoms with Crippen molar-refractivity contribution in [3.8, 4) is 0 Å². The topological polar surface area (TPSA) is 39.7 Å². The van der Waals surface area contributed by atoms with Gasteiger partial charge in [0, 0.05) is 26.7 Å². The lowest BCUT2D eigenvalue weighted by Gasteiger charge is -2.35. The summed E-state index contributed by atoms with van der Waals surface area (Å²) in [6.45, 7) is 8.07. The second kappa shape index (κ2) is 6.74. The Morgan fingerprint density at radius 2 is 2.06 bits per heavy atom. The molecule has 1 heterocycles. The number of rotatable bonds is 3. The fourth-order valence-corrected chi connectivity index (χ4v) is 2.12. The van der Waals surface area contributed by atoms with Crippen LogP contribution < -0.4 is 10.6 Å². The third-order valence-electron chi connectivity index (χ3n) is 3.47. The zero-order valence-corrected chi connectivity index (χ0v) is 11.1. The molecule has 2 N–H and O–H groups in total. The van der Waals surface area contributed by atoms with E-state index in [0.717, 1.165) is 18.4 Å². The molecule has 1 saturated heterocycles. The molecule has 0 spiro atoms. The van der Waals surface area contributed by atoms with Crippen molar-refractivity contribution in [1.82, 2.24) is 15.5 Å². The first-order chi connectivity index (χ1) is 7.67. The van der Waals surface area contributed by atoms with Gasteiger partial charge in [-0.25, -0.2) is 0 Å². The highest BCUT2D eigenvalue weighted by molar-refractivity contribution is 5.79. The van der Waals surface area contributed by atoms with Gasteiger partial charge in [-0.05, 0) is 38.8 Å². The third-order valence-corrected chi connectivity index (χ3v) is 3.47. The number of nitrogens with zero attached hydrogens (tertiary/aromatic N) is 2. The standard InChI is InChI=1S/C12H26N4/c1-10-5-7-16(8-6-10)11(2)9-15-12(13-3)14-4/h10-11H,5-9H2,1-4H3,(H2,13,14,15). The maximum atomic E-state index is 4.11. The van der Waals surface area contributed by atoms with Crippen LogP contribution in [0.1, 0.15) is 26.7 Å². The Morgan fingerprint density at radius 3 is 2.56 bits per heavy atom. The first-order valence-electron chi connectivity index (χ1n) is 6.29. The quantitative estimate of drug-likeness (QED) is 0.555. The molecular weight excluding hydrogens is 200 g/mol. The van der Waals surface area contributed by atoms with E-state index in [-0.39, 0.29) is 0 Å². The zero-order chi connectivity index (χ0) is 12.0. The Labute approximate surface area is 99.5 Å². The predicted octanol–water partition coefficient (Wildman–Crippen LogP) is 0.902. The average molecular weight is 226 g/mol. The van der Waals surface area contributed by atoms with Gasteiger partial charge in [0.05, 0.1) is 0 Å². The summed E-state index contributed by atoms with van der Waals surface area (Å²) in [5.74, 6) is 1.78. The molecule has 0 aromatic heterocycles. The first kappa shape index (κ1) is 13.3. The number of hydrogen-bond acceptors (Lipinski definition) is 2. The summed E-state index contributed by atoms with van der Waals surface area (Å²) in [7, 11) is 3.69. The number of aliphatic imine (C=N–C) groups is 1. The third kappa shape index (κ3) is 4.00. The van der Waals surface area contributed by atoms with Gasteiger partial charge >= 0.3 is 0 Å². The highest BCUT2D eigenvalue weighted by Crippen LogP contribution is 2.17. The van der Waals surface area contributed by atoms with Crippen molar-refractivity contribution in [3.63, 3.8) is 0 Å². The Kier molecular flexibility index (Phi) is 5.60. The molecule has 0 radical (unpaired) electrons. The van der Waals surface area contributed by atoms with Gasteiger partial charge in [0.2, 0.25) is 0 Å². The molecule has 0 aromatic carbocycles. The molecule has 4 nitrogen and oxygen atoms in total. The summed E-state index contributed by atoms with van der Waals surface area (Å²) in [6, 6.07) is 0.581. The Morgan fingerprint density at radius 1 is 1.44 bits per heavy atom. The summed E-state index contributed by atoms with van der Waals surface area (Å²) >= 11 is 0. The van der Waals surface area contributed by atoms with Gasteiger partial charge in [0.25, 0.3) is 0 Å². The van der Waals surface area contributed by atoms with Crippen molar-refractivity contribution in [2.45, 2.75) is 32.7 Å². The van der Waals surface area contributed by atoms with Gasteiger partial charge in [-0.3, -0.25) is 9.89 Å². The molecule has 0 bridgehead atoms. The van der Waals surface area contributed by atoms with E-state index in [4.69, 9.17) is 0 Å². The predicted molar refractivity (Wildman–Crippen MR) is 69.9 cm³/mol. The molecule has 1 rings (SSSR count). The van der Waals surface area contributed by atoms with Crippen molar-refractivity contribution < 1.29 is 0 Å². The molecule has 0 aromatic rings. The van der Waals surface area contributed by atoms with Crippen molar-refractivity contribution in [3.05, 3.63) is 0 Å². The van der Waals surface area contributed by atoms with Crippen LogP contribution in [0.2, 0.25) is 0 Å². The lowest BCUT2D eigenvalue weighted by molar-refractivity contribution is 0.147. The van der Waals surface area contributed by atoms with E-state index in [1.54, 1.807) is 7.05 Å². The minimum atomic E-state index is 0.581. The average Bonchev–Trinajstić information content (AvgIpc) is 2.31. The monoisotopic (exact) mass is 226 g/mol. The van der Waals surface area contributed by atoms with Crippen molar-refractivity contribution in [2.24, 2.45) is 10.9 Å². The van der Waals surface area contributed by atoms with Crippen molar-refractivity contribution >= 4 is 5.96 Å². The number of nitrogens with one attached hydrogen (secondary N) is 2. The first-order valence-corrected chi connectivity index (χ1v) is 6.29. The normalized spacial score (nSPS) is 21.9. The molecule has 0 aliphatic carbocycles. The maximum absolute atomic E-state index is 4.11. The van der Waals surface area contributed by atoms with Crippen LogP contribution in [0.15, 0.2) is 4.99 Å². The molecule has 0 saturated carbocycles. The Bertz CT molecular complexity index is 219. The molecular formula is C12H26N4. The molecule has 1 aliphatic heterocycles. The van der Waals surface area contributed by atoms with E-state index in [1.165, 1.54) is 25.9 Å². The van der Waals surface area contributed by atoms with Gasteiger partial charge in [-0.2, -0.15) is 0 Å². The number of piperidine rings is 1. The summed E-state index contributed by atoms with van der Waals surface area (Å²) in [5, 5.41) is 6.36. The van der Waals surface area contributed by atoms with Crippen molar-refractivity contribution in [1.29, 1.82) is 0 Å². The van der Waals surface area contributed by atoms with Crippen LogP contribution in [-0.4, -0.2) is 50.6 Å². The second-order valence-electron chi connectivity index (χ2n) is 4.77. The lowest BCUT2D eigenvalue weighted by Crippen LogP contribution is -2.47. The largest absolute Gasteiger partial charge is 0.359 e. The molecule has 1 atom stereocenters. The van der Waals surface area contributed by atoms with Gasteiger partial charge in [-0.1, -0.05) is 6.92 Å². The van der Waals surface area contributed by atoms with Gasteiger partial charge < -0.3 is 10.6 Å². The lowest BCUT2D eigenvalue weighted by atomic mass is 9.98. The van der Waals surface area contributed by atoms with E-state index in [2.05, 4.69) is 34.4 Å². The maximum Gasteiger partial charge on any atom is 0.190 e. The minimum absolute atomic E-state index is 0.581. The van der Waals surface area contributed by atoms with E-state index in [9.17, 15) is 0 Å². The smallest absolute Gasteiger partial charge is 0.190 e. The fourth-order valence-electron chi connectivity index (χ4n) is 2.12. The van der Waals surface area contributed by atoms with E-state index in [1.807, 2.05) is 7.05 Å². The van der Waals surface area contributed by atoms with Gasteiger partial charge in [0.1, 0.15) is 0 Å². The van der Waals surface area contributed by atoms with Crippen molar-refractivity contribution in [2.75, 3.05) is 33.7 Å². The van der Waals surface area contributed by atoms with Gasteiger partial charge in [-0.15, -0.1) is 0 Å². The summed E-state index contributed by atoms with van der Waals surface area (Å²) in [5.41, 5.74) is 0. The minimum Gasteiger partial charge on any atom is -0.359 e. The summed E-state index contributed by atoms with van der Waals surface area (Å²) in [4.78, 5) is 6.68.